The summed E-state index contributed by atoms with van der Waals surface area (Å²) in [6.45, 7) is 4.16. The molecule has 0 saturated carbocycles. The Kier molecular flexibility index (Phi) is 7.28. The lowest BCUT2D eigenvalue weighted by atomic mass is 10.1. The smallest absolute Gasteiger partial charge is 0.230 e. The van der Waals surface area contributed by atoms with Crippen LogP contribution in [-0.4, -0.2) is 29.4 Å². The molecule has 0 fully saturated rings. The van der Waals surface area contributed by atoms with Gasteiger partial charge in [-0.2, -0.15) is 0 Å². The molecule has 1 aromatic rings. The van der Waals surface area contributed by atoms with Crippen LogP contribution in [0.5, 0.6) is 0 Å². The molecule has 1 atom stereocenters. The van der Waals surface area contributed by atoms with E-state index in [1.165, 1.54) is 0 Å². The van der Waals surface area contributed by atoms with Crippen molar-refractivity contribution >= 4 is 29.3 Å². The van der Waals surface area contributed by atoms with Crippen molar-refractivity contribution in [2.45, 2.75) is 25.7 Å². The molecule has 0 bridgehead atoms. The summed E-state index contributed by atoms with van der Waals surface area (Å²) in [5, 5.41) is 13.0. The number of hydrogen-bond donors (Lipinski definition) is 2. The molecule has 0 aliphatic heterocycles. The Bertz CT molecular complexity index is 395. The van der Waals surface area contributed by atoms with Crippen LogP contribution < -0.4 is 5.32 Å². The standard InChI is InChI=1S/C14H20ClNO2S/c1-10(2)13(17)7-16-14(18)9-19-8-11-3-5-12(15)6-4-11/h3-6,10,13,17H,7-9H2,1-2H3,(H,16,18). The van der Waals surface area contributed by atoms with Gasteiger partial charge in [0.05, 0.1) is 11.9 Å². The summed E-state index contributed by atoms with van der Waals surface area (Å²) in [5.74, 6) is 1.28. The number of nitrogens with one attached hydrogen (secondary N) is 1. The van der Waals surface area contributed by atoms with E-state index in [0.717, 1.165) is 11.3 Å². The van der Waals surface area contributed by atoms with Gasteiger partial charge in [-0.1, -0.05) is 37.6 Å². The molecule has 1 rings (SSSR count). The molecule has 3 nitrogen and oxygen atoms in total. The zero-order chi connectivity index (χ0) is 14.3. The quantitative estimate of drug-likeness (QED) is 0.814. The Morgan fingerprint density at radius 2 is 2.00 bits per heavy atom. The third kappa shape index (κ3) is 6.85. The maximum atomic E-state index is 11.6. The average Bonchev–Trinajstić information content (AvgIpc) is 2.38. The summed E-state index contributed by atoms with van der Waals surface area (Å²) in [5.41, 5.74) is 1.14. The predicted molar refractivity (Wildman–Crippen MR) is 81.5 cm³/mol. The Morgan fingerprint density at radius 1 is 1.37 bits per heavy atom. The summed E-state index contributed by atoms with van der Waals surface area (Å²) < 4.78 is 0. The highest BCUT2D eigenvalue weighted by molar-refractivity contribution is 7.99. The van der Waals surface area contributed by atoms with Gasteiger partial charge in [0.25, 0.3) is 0 Å². The van der Waals surface area contributed by atoms with Crippen LogP contribution in [0.25, 0.3) is 0 Å². The fourth-order valence-electron chi connectivity index (χ4n) is 1.35. The van der Waals surface area contributed by atoms with Gasteiger partial charge in [0.1, 0.15) is 0 Å². The second-order valence-corrected chi connectivity index (χ2v) is 6.16. The van der Waals surface area contributed by atoms with Crippen LogP contribution in [0.2, 0.25) is 5.02 Å². The first kappa shape index (κ1) is 16.3. The minimum Gasteiger partial charge on any atom is -0.391 e. The van der Waals surface area contributed by atoms with Gasteiger partial charge in [0, 0.05) is 17.3 Å². The second-order valence-electron chi connectivity index (χ2n) is 4.73. The van der Waals surface area contributed by atoms with E-state index in [0.29, 0.717) is 17.3 Å². The molecule has 1 unspecified atom stereocenters. The van der Waals surface area contributed by atoms with Crippen molar-refractivity contribution in [2.75, 3.05) is 12.3 Å². The van der Waals surface area contributed by atoms with Gasteiger partial charge in [-0.05, 0) is 23.6 Å². The first-order valence-corrected chi connectivity index (χ1v) is 7.79. The van der Waals surface area contributed by atoms with Gasteiger partial charge >= 0.3 is 0 Å². The van der Waals surface area contributed by atoms with Crippen molar-refractivity contribution in [1.82, 2.24) is 5.32 Å². The van der Waals surface area contributed by atoms with E-state index in [4.69, 9.17) is 11.6 Å². The molecule has 106 valence electrons. The zero-order valence-corrected chi connectivity index (χ0v) is 12.8. The molecule has 1 amide bonds. The van der Waals surface area contributed by atoms with Crippen molar-refractivity contribution in [3.8, 4) is 0 Å². The Labute approximate surface area is 123 Å². The molecule has 1 aromatic carbocycles. The van der Waals surface area contributed by atoms with E-state index in [-0.39, 0.29) is 11.8 Å². The summed E-state index contributed by atoms with van der Waals surface area (Å²) in [6, 6.07) is 7.60. The summed E-state index contributed by atoms with van der Waals surface area (Å²) in [4.78, 5) is 11.6. The van der Waals surface area contributed by atoms with E-state index in [9.17, 15) is 9.90 Å². The normalized spacial score (nSPS) is 12.5. The molecule has 0 aromatic heterocycles. The van der Waals surface area contributed by atoms with E-state index in [1.54, 1.807) is 11.8 Å². The van der Waals surface area contributed by atoms with Crippen LogP contribution in [-0.2, 0) is 10.5 Å². The molecular weight excluding hydrogens is 282 g/mol. The molecule has 2 N–H and O–H groups in total. The third-order valence-electron chi connectivity index (χ3n) is 2.69. The Hall–Kier alpha value is -0.710. The van der Waals surface area contributed by atoms with E-state index >= 15 is 0 Å². The minimum atomic E-state index is -0.481. The van der Waals surface area contributed by atoms with Gasteiger partial charge in [-0.15, -0.1) is 11.8 Å². The van der Waals surface area contributed by atoms with Crippen LogP contribution in [0, 0.1) is 5.92 Å². The van der Waals surface area contributed by atoms with Crippen molar-refractivity contribution < 1.29 is 9.90 Å². The molecule has 0 radical (unpaired) electrons. The van der Waals surface area contributed by atoms with Gasteiger partial charge in [0.15, 0.2) is 0 Å². The maximum Gasteiger partial charge on any atom is 0.230 e. The number of halogens is 1. The van der Waals surface area contributed by atoms with Gasteiger partial charge in [0.2, 0.25) is 5.91 Å². The Morgan fingerprint density at radius 3 is 2.58 bits per heavy atom. The average molecular weight is 302 g/mol. The molecule has 0 aliphatic carbocycles. The van der Waals surface area contributed by atoms with E-state index < -0.39 is 6.10 Å². The lowest BCUT2D eigenvalue weighted by Gasteiger charge is -2.14. The number of aliphatic hydroxyl groups excluding tert-OH is 1. The molecular formula is C14H20ClNO2S. The molecule has 0 heterocycles. The highest BCUT2D eigenvalue weighted by Gasteiger charge is 2.10. The number of aliphatic hydroxyl groups is 1. The minimum absolute atomic E-state index is 0.0429. The van der Waals surface area contributed by atoms with Crippen LogP contribution in [0.15, 0.2) is 24.3 Å². The van der Waals surface area contributed by atoms with Crippen LogP contribution in [0.1, 0.15) is 19.4 Å². The highest BCUT2D eigenvalue weighted by Crippen LogP contribution is 2.15. The monoisotopic (exact) mass is 301 g/mol. The largest absolute Gasteiger partial charge is 0.391 e. The van der Waals surface area contributed by atoms with Crippen molar-refractivity contribution in [3.63, 3.8) is 0 Å². The van der Waals surface area contributed by atoms with Crippen LogP contribution >= 0.6 is 23.4 Å². The zero-order valence-electron chi connectivity index (χ0n) is 11.2. The number of benzene rings is 1. The number of amides is 1. The van der Waals surface area contributed by atoms with E-state index in [1.807, 2.05) is 38.1 Å². The third-order valence-corrected chi connectivity index (χ3v) is 3.95. The summed E-state index contributed by atoms with van der Waals surface area (Å²) in [7, 11) is 0. The first-order chi connectivity index (χ1) is 8.99. The molecule has 0 aliphatic rings. The molecule has 19 heavy (non-hydrogen) atoms. The number of rotatable bonds is 7. The van der Waals surface area contributed by atoms with Crippen molar-refractivity contribution in [3.05, 3.63) is 34.9 Å². The summed E-state index contributed by atoms with van der Waals surface area (Å²) in [6.07, 6.45) is -0.481. The molecule has 5 heteroatoms. The summed E-state index contributed by atoms with van der Waals surface area (Å²) >= 11 is 7.34. The topological polar surface area (TPSA) is 49.3 Å². The van der Waals surface area contributed by atoms with Gasteiger partial charge < -0.3 is 10.4 Å². The number of hydrogen-bond acceptors (Lipinski definition) is 3. The predicted octanol–water partition coefficient (Wildman–Crippen LogP) is 2.71. The van der Waals surface area contributed by atoms with Crippen molar-refractivity contribution in [1.29, 1.82) is 0 Å². The van der Waals surface area contributed by atoms with E-state index in [2.05, 4.69) is 5.32 Å². The second kappa shape index (κ2) is 8.46. The van der Waals surface area contributed by atoms with Gasteiger partial charge in [-0.3, -0.25) is 4.79 Å². The Balaban J connectivity index is 2.18. The van der Waals surface area contributed by atoms with Gasteiger partial charge in [-0.25, -0.2) is 0 Å². The fourth-order valence-corrected chi connectivity index (χ4v) is 2.29. The SMILES string of the molecule is CC(C)C(O)CNC(=O)CSCc1ccc(Cl)cc1. The maximum absolute atomic E-state index is 11.6. The number of carbonyl (C=O) groups is 1. The number of carbonyl (C=O) groups excluding carboxylic acids is 1. The lowest BCUT2D eigenvalue weighted by Crippen LogP contribution is -2.35. The first-order valence-electron chi connectivity index (χ1n) is 6.26. The lowest BCUT2D eigenvalue weighted by molar-refractivity contribution is -0.119. The molecule has 0 spiro atoms. The van der Waals surface area contributed by atoms with Crippen LogP contribution in [0.4, 0.5) is 0 Å². The number of thioether (sulfide) groups is 1. The van der Waals surface area contributed by atoms with Crippen molar-refractivity contribution in [2.24, 2.45) is 5.92 Å². The molecule has 0 saturated heterocycles. The van der Waals surface area contributed by atoms with Crippen LogP contribution in [0.3, 0.4) is 0 Å². The highest BCUT2D eigenvalue weighted by atomic mass is 35.5. The fraction of sp³-hybridized carbons (Fsp3) is 0.500.